The van der Waals surface area contributed by atoms with Gasteiger partial charge in [0.05, 0.1) is 12.2 Å². The molecule has 3 aliphatic rings. The van der Waals surface area contributed by atoms with Crippen LogP contribution in [0.1, 0.15) is 61.4 Å². The summed E-state index contributed by atoms with van der Waals surface area (Å²) in [7, 11) is 0. The Morgan fingerprint density at radius 1 is 1.15 bits per heavy atom. The van der Waals surface area contributed by atoms with E-state index < -0.39 is 12.0 Å². The molecule has 1 aliphatic carbocycles. The summed E-state index contributed by atoms with van der Waals surface area (Å²) in [5.41, 5.74) is 3.21. The molecular weight excluding hydrogens is 430 g/mol. The van der Waals surface area contributed by atoms with Crippen LogP contribution in [0, 0.1) is 0 Å². The van der Waals surface area contributed by atoms with E-state index in [1.54, 1.807) is 0 Å². The third kappa shape index (κ3) is 5.70. The molecule has 2 aliphatic heterocycles. The second kappa shape index (κ2) is 10.7. The van der Waals surface area contributed by atoms with Gasteiger partial charge in [-0.25, -0.2) is 4.98 Å². The van der Waals surface area contributed by atoms with E-state index in [9.17, 15) is 9.90 Å². The van der Waals surface area contributed by atoms with Gasteiger partial charge in [-0.15, -0.1) is 0 Å². The third-order valence-corrected chi connectivity index (χ3v) is 6.94. The molecule has 0 amide bonds. The number of aromatic nitrogens is 1. The first-order valence-corrected chi connectivity index (χ1v) is 12.7. The van der Waals surface area contributed by atoms with Crippen LogP contribution in [0.15, 0.2) is 36.4 Å². The fourth-order valence-corrected chi connectivity index (χ4v) is 4.96. The van der Waals surface area contributed by atoms with E-state index in [1.807, 2.05) is 29.2 Å². The fourth-order valence-electron chi connectivity index (χ4n) is 4.96. The Morgan fingerprint density at radius 3 is 2.88 bits per heavy atom. The van der Waals surface area contributed by atoms with E-state index in [0.29, 0.717) is 25.4 Å². The van der Waals surface area contributed by atoms with Gasteiger partial charge >= 0.3 is 5.97 Å². The highest BCUT2D eigenvalue weighted by atomic mass is 16.5. The zero-order valence-corrected chi connectivity index (χ0v) is 19.7. The summed E-state index contributed by atoms with van der Waals surface area (Å²) in [4.78, 5) is 19.0. The maximum Gasteiger partial charge on any atom is 0.325 e. The first-order valence-electron chi connectivity index (χ1n) is 12.7. The molecule has 0 spiro atoms. The largest absolute Gasteiger partial charge is 0.490 e. The minimum atomic E-state index is -0.834. The molecule has 2 fully saturated rings. The van der Waals surface area contributed by atoms with Gasteiger partial charge in [0.2, 0.25) is 0 Å². The topological polar surface area (TPSA) is 83.9 Å². The second-order valence-electron chi connectivity index (χ2n) is 9.67. The van der Waals surface area contributed by atoms with Gasteiger partial charge < -0.3 is 19.9 Å². The van der Waals surface area contributed by atoms with Crippen LogP contribution in [0.4, 0.5) is 5.82 Å². The summed E-state index contributed by atoms with van der Waals surface area (Å²) >= 11 is 0. The number of aryl methyl sites for hydroxylation is 2. The lowest BCUT2D eigenvalue weighted by molar-refractivity contribution is -0.143. The molecule has 3 heterocycles. The van der Waals surface area contributed by atoms with E-state index in [1.165, 1.54) is 12.0 Å². The molecule has 2 atom stereocenters. The van der Waals surface area contributed by atoms with Gasteiger partial charge in [0.25, 0.3) is 0 Å². The number of hydrogen-bond donors (Lipinski definition) is 2. The number of para-hydroxylation sites is 1. The van der Waals surface area contributed by atoms with Crippen LogP contribution in [0.5, 0.6) is 5.75 Å². The molecule has 2 N–H and O–H groups in total. The minimum Gasteiger partial charge on any atom is -0.490 e. The van der Waals surface area contributed by atoms with Crippen molar-refractivity contribution in [2.75, 3.05) is 31.6 Å². The maximum atomic E-state index is 12.2. The zero-order chi connectivity index (χ0) is 23.3. The summed E-state index contributed by atoms with van der Waals surface area (Å²) in [5.74, 6) is 0.926. The molecular formula is C27H35N3O4. The summed E-state index contributed by atoms with van der Waals surface area (Å²) in [6.45, 7) is 3.05. The number of carboxylic acid groups (broad SMARTS) is 1. The normalized spacial score (nSPS) is 21.0. The second-order valence-corrected chi connectivity index (χ2v) is 9.67. The summed E-state index contributed by atoms with van der Waals surface area (Å²) in [6.07, 6.45) is 8.51. The highest BCUT2D eigenvalue weighted by Gasteiger charge is 2.36. The number of carbonyl (C=O) groups is 1. The van der Waals surface area contributed by atoms with Crippen molar-refractivity contribution in [3.63, 3.8) is 0 Å². The minimum absolute atomic E-state index is 0.0735. The smallest absolute Gasteiger partial charge is 0.325 e. The molecule has 1 aromatic carbocycles. The van der Waals surface area contributed by atoms with E-state index in [2.05, 4.69) is 17.4 Å². The Balaban J connectivity index is 1.08. The van der Waals surface area contributed by atoms with Crippen molar-refractivity contribution >= 4 is 11.8 Å². The number of aliphatic carboxylic acids is 1. The molecule has 7 nitrogen and oxygen atoms in total. The van der Waals surface area contributed by atoms with E-state index in [-0.39, 0.29) is 12.2 Å². The van der Waals surface area contributed by atoms with E-state index in [0.717, 1.165) is 68.6 Å². The average Bonchev–Trinajstić information content (AvgIpc) is 3.55. The molecule has 1 aromatic heterocycles. The van der Waals surface area contributed by atoms with Crippen molar-refractivity contribution < 1.29 is 19.4 Å². The Kier molecular flexibility index (Phi) is 7.30. The van der Waals surface area contributed by atoms with Crippen LogP contribution < -0.4 is 10.1 Å². The lowest BCUT2D eigenvalue weighted by atomic mass is 10.0. The number of nitrogens with one attached hydrogen (secondary N) is 1. The van der Waals surface area contributed by atoms with Crippen LogP contribution in [0.2, 0.25) is 0 Å². The molecule has 34 heavy (non-hydrogen) atoms. The molecule has 0 radical (unpaired) electrons. The molecule has 7 heteroatoms. The Hall–Kier alpha value is -2.64. The molecule has 2 aromatic rings. The van der Waals surface area contributed by atoms with Crippen LogP contribution >= 0.6 is 0 Å². The number of nitrogens with zero attached hydrogens (tertiary/aromatic N) is 2. The first kappa shape index (κ1) is 23.1. The SMILES string of the molecule is O=C(O)[C@@H](c1ccccc1OC1CC1)N1CC[C@@H](OCCCCc2ccc3c(n2)NCCC3)C1. The highest BCUT2D eigenvalue weighted by Crippen LogP contribution is 2.36. The molecule has 5 rings (SSSR count). The number of carboxylic acids is 1. The molecule has 0 bridgehead atoms. The average molecular weight is 466 g/mol. The summed E-state index contributed by atoms with van der Waals surface area (Å²) in [5, 5.41) is 13.4. The number of unbranched alkanes of at least 4 members (excludes halogenated alkanes) is 1. The van der Waals surface area contributed by atoms with Gasteiger partial charge in [0, 0.05) is 37.5 Å². The Bertz CT molecular complexity index is 994. The number of ether oxygens (including phenoxy) is 2. The number of anilines is 1. The van der Waals surface area contributed by atoms with Crippen molar-refractivity contribution in [1.29, 1.82) is 0 Å². The lowest BCUT2D eigenvalue weighted by Gasteiger charge is -2.26. The predicted octanol–water partition coefficient (Wildman–Crippen LogP) is 4.22. The van der Waals surface area contributed by atoms with Crippen molar-refractivity contribution in [2.45, 2.75) is 69.6 Å². The van der Waals surface area contributed by atoms with Gasteiger partial charge in [0.1, 0.15) is 17.6 Å². The molecule has 0 unspecified atom stereocenters. The first-order chi connectivity index (χ1) is 16.7. The van der Waals surface area contributed by atoms with Crippen LogP contribution in [-0.4, -0.2) is 59.4 Å². The standard InChI is InChI=1S/C27H35N3O4/c31-27(32)25(23-8-1-2-9-24(23)34-21-12-13-21)30-16-14-22(18-30)33-17-4-3-7-20-11-10-19-6-5-15-28-26(19)29-20/h1-2,8-11,21-22,25H,3-7,12-18H2,(H,28,29)(H,31,32)/t22-,25-/m1/s1. The monoisotopic (exact) mass is 465 g/mol. The van der Waals surface area contributed by atoms with Crippen molar-refractivity contribution in [3.8, 4) is 5.75 Å². The van der Waals surface area contributed by atoms with Crippen LogP contribution in [0.3, 0.4) is 0 Å². The quantitative estimate of drug-likeness (QED) is 0.481. The van der Waals surface area contributed by atoms with Gasteiger partial charge in [-0.05, 0) is 69.1 Å². The van der Waals surface area contributed by atoms with Gasteiger partial charge in [-0.3, -0.25) is 9.69 Å². The molecule has 1 saturated carbocycles. The van der Waals surface area contributed by atoms with E-state index >= 15 is 0 Å². The predicted molar refractivity (Wildman–Crippen MR) is 130 cm³/mol. The lowest BCUT2D eigenvalue weighted by Crippen LogP contribution is -2.33. The van der Waals surface area contributed by atoms with Crippen molar-refractivity contribution in [2.24, 2.45) is 0 Å². The number of likely N-dealkylation sites (tertiary alicyclic amines) is 1. The third-order valence-electron chi connectivity index (χ3n) is 6.94. The van der Waals surface area contributed by atoms with Gasteiger partial charge in [-0.1, -0.05) is 24.3 Å². The van der Waals surface area contributed by atoms with Crippen molar-refractivity contribution in [3.05, 3.63) is 53.2 Å². The van der Waals surface area contributed by atoms with Gasteiger partial charge in [-0.2, -0.15) is 0 Å². The van der Waals surface area contributed by atoms with Crippen LogP contribution in [0.25, 0.3) is 0 Å². The Labute approximate surface area is 201 Å². The number of fused-ring (bicyclic) bond motifs is 1. The van der Waals surface area contributed by atoms with Crippen molar-refractivity contribution in [1.82, 2.24) is 9.88 Å². The van der Waals surface area contributed by atoms with Gasteiger partial charge in [0.15, 0.2) is 0 Å². The highest BCUT2D eigenvalue weighted by molar-refractivity contribution is 5.76. The number of hydrogen-bond acceptors (Lipinski definition) is 6. The number of benzene rings is 1. The summed E-state index contributed by atoms with van der Waals surface area (Å²) in [6, 6.07) is 11.2. The zero-order valence-electron chi connectivity index (χ0n) is 19.7. The summed E-state index contributed by atoms with van der Waals surface area (Å²) < 4.78 is 12.1. The van der Waals surface area contributed by atoms with E-state index in [4.69, 9.17) is 14.5 Å². The fraction of sp³-hybridized carbons (Fsp3) is 0.556. The number of pyridine rings is 1. The maximum absolute atomic E-state index is 12.2. The number of rotatable bonds is 11. The Morgan fingerprint density at radius 2 is 2.03 bits per heavy atom. The van der Waals surface area contributed by atoms with Crippen LogP contribution in [-0.2, 0) is 22.4 Å². The molecule has 182 valence electrons. The molecule has 1 saturated heterocycles.